The molecule has 0 aliphatic heterocycles. The molecule has 1 amide bonds. The van der Waals surface area contributed by atoms with E-state index in [1.807, 2.05) is 36.7 Å². The molecular formula is C21H23N3O3. The zero-order valence-electron chi connectivity index (χ0n) is 15.1. The lowest BCUT2D eigenvalue weighted by Gasteiger charge is -2.08. The van der Waals surface area contributed by atoms with Crippen LogP contribution in [0.2, 0.25) is 0 Å². The van der Waals surface area contributed by atoms with Crippen molar-refractivity contribution in [3.8, 4) is 0 Å². The van der Waals surface area contributed by atoms with Crippen molar-refractivity contribution < 1.29 is 14.7 Å². The second-order valence-electron chi connectivity index (χ2n) is 6.56. The molecule has 0 fully saturated rings. The molecule has 0 saturated carbocycles. The lowest BCUT2D eigenvalue weighted by molar-refractivity contribution is -0.137. The summed E-state index contributed by atoms with van der Waals surface area (Å²) in [5.41, 5.74) is 4.30. The molecule has 0 saturated heterocycles. The lowest BCUT2D eigenvalue weighted by Crippen LogP contribution is -2.22. The zero-order valence-corrected chi connectivity index (χ0v) is 15.1. The van der Waals surface area contributed by atoms with E-state index in [4.69, 9.17) is 5.11 Å². The van der Waals surface area contributed by atoms with Crippen LogP contribution in [-0.4, -0.2) is 26.5 Å². The number of carboxylic acids is 1. The number of nitrogens with one attached hydrogen (secondary N) is 1. The number of fused-ring (bicyclic) bond motifs is 1. The summed E-state index contributed by atoms with van der Waals surface area (Å²) in [6, 6.07) is 16.2. The number of aromatic nitrogens is 2. The van der Waals surface area contributed by atoms with Crippen molar-refractivity contribution in [3.05, 3.63) is 66.0 Å². The number of rotatable bonds is 9. The summed E-state index contributed by atoms with van der Waals surface area (Å²) in [7, 11) is 0. The van der Waals surface area contributed by atoms with E-state index in [9.17, 15) is 9.59 Å². The van der Waals surface area contributed by atoms with Gasteiger partial charge in [0.2, 0.25) is 5.91 Å². The summed E-state index contributed by atoms with van der Waals surface area (Å²) in [4.78, 5) is 26.6. The zero-order chi connectivity index (χ0) is 19.1. The normalized spacial score (nSPS) is 10.8. The summed E-state index contributed by atoms with van der Waals surface area (Å²) < 4.78 is 2.11. The van der Waals surface area contributed by atoms with Crippen LogP contribution in [0, 0.1) is 0 Å². The standard InChI is InChI=1S/C21H23N3O3/c25-20(7-3-4-8-21(26)27)22-13-16-9-11-17(12-10-16)14-24-15-23-18-5-1-2-6-19(18)24/h1-2,5-6,9-12,15H,3-4,7-8,13-14H2,(H,22,25)(H,26,27). The lowest BCUT2D eigenvalue weighted by atomic mass is 10.1. The Hall–Kier alpha value is -3.15. The summed E-state index contributed by atoms with van der Waals surface area (Å²) in [5, 5.41) is 11.5. The summed E-state index contributed by atoms with van der Waals surface area (Å²) in [5.74, 6) is -0.867. The Balaban J connectivity index is 1.47. The Bertz CT molecular complexity index is 916. The predicted molar refractivity (Wildman–Crippen MR) is 103 cm³/mol. The highest BCUT2D eigenvalue weighted by Crippen LogP contribution is 2.14. The monoisotopic (exact) mass is 365 g/mol. The maximum atomic E-state index is 11.8. The van der Waals surface area contributed by atoms with Crippen LogP contribution in [0.25, 0.3) is 11.0 Å². The SMILES string of the molecule is O=C(O)CCCCC(=O)NCc1ccc(Cn2cnc3ccccc32)cc1. The maximum absolute atomic E-state index is 11.8. The first-order valence-corrected chi connectivity index (χ1v) is 9.08. The molecular weight excluding hydrogens is 342 g/mol. The van der Waals surface area contributed by atoms with Crippen LogP contribution in [0.15, 0.2) is 54.9 Å². The molecule has 0 spiro atoms. The highest BCUT2D eigenvalue weighted by atomic mass is 16.4. The fourth-order valence-electron chi connectivity index (χ4n) is 2.95. The molecule has 0 bridgehead atoms. The number of nitrogens with zero attached hydrogens (tertiary/aromatic N) is 2. The van der Waals surface area contributed by atoms with Gasteiger partial charge in [-0.15, -0.1) is 0 Å². The van der Waals surface area contributed by atoms with Crippen LogP contribution < -0.4 is 5.32 Å². The van der Waals surface area contributed by atoms with Crippen LogP contribution in [0.5, 0.6) is 0 Å². The van der Waals surface area contributed by atoms with Crippen LogP contribution in [-0.2, 0) is 22.7 Å². The molecule has 27 heavy (non-hydrogen) atoms. The predicted octanol–water partition coefficient (Wildman–Crippen LogP) is 3.35. The van der Waals surface area contributed by atoms with E-state index in [2.05, 4.69) is 33.1 Å². The van der Waals surface area contributed by atoms with Gasteiger partial charge in [-0.3, -0.25) is 9.59 Å². The van der Waals surface area contributed by atoms with E-state index in [-0.39, 0.29) is 12.3 Å². The molecule has 140 valence electrons. The topological polar surface area (TPSA) is 84.2 Å². The van der Waals surface area contributed by atoms with Crippen molar-refractivity contribution in [2.45, 2.75) is 38.8 Å². The maximum Gasteiger partial charge on any atom is 0.303 e. The highest BCUT2D eigenvalue weighted by molar-refractivity contribution is 5.76. The van der Waals surface area contributed by atoms with Crippen LogP contribution in [0.1, 0.15) is 36.8 Å². The first-order chi connectivity index (χ1) is 13.1. The fourth-order valence-corrected chi connectivity index (χ4v) is 2.95. The van der Waals surface area contributed by atoms with E-state index in [1.54, 1.807) is 0 Å². The number of para-hydroxylation sites is 2. The van der Waals surface area contributed by atoms with Gasteiger partial charge in [0.05, 0.1) is 17.4 Å². The van der Waals surface area contributed by atoms with Gasteiger partial charge in [0, 0.05) is 25.9 Å². The molecule has 0 aliphatic rings. The molecule has 2 aromatic carbocycles. The van der Waals surface area contributed by atoms with Crippen molar-refractivity contribution in [2.75, 3.05) is 0 Å². The number of unbranched alkanes of at least 4 members (excludes halogenated alkanes) is 1. The number of carbonyl (C=O) groups excluding carboxylic acids is 1. The number of carbonyl (C=O) groups is 2. The van der Waals surface area contributed by atoms with E-state index >= 15 is 0 Å². The third-order valence-corrected chi connectivity index (χ3v) is 4.44. The van der Waals surface area contributed by atoms with E-state index in [1.165, 1.54) is 5.56 Å². The Morgan fingerprint density at radius 3 is 2.44 bits per heavy atom. The number of hydrogen-bond acceptors (Lipinski definition) is 3. The Morgan fingerprint density at radius 2 is 1.67 bits per heavy atom. The number of imidazole rings is 1. The summed E-state index contributed by atoms with van der Waals surface area (Å²) in [6.07, 6.45) is 3.44. The number of amides is 1. The van der Waals surface area contributed by atoms with Crippen molar-refractivity contribution in [1.29, 1.82) is 0 Å². The minimum atomic E-state index is -0.820. The second-order valence-corrected chi connectivity index (χ2v) is 6.56. The first kappa shape index (κ1) is 18.6. The smallest absolute Gasteiger partial charge is 0.303 e. The molecule has 1 aromatic heterocycles. The number of aliphatic carboxylic acids is 1. The van der Waals surface area contributed by atoms with Crippen molar-refractivity contribution in [2.24, 2.45) is 0 Å². The Labute approximate surface area is 157 Å². The minimum absolute atomic E-state index is 0.0469. The fraction of sp³-hybridized carbons (Fsp3) is 0.286. The van der Waals surface area contributed by atoms with Gasteiger partial charge < -0.3 is 15.0 Å². The minimum Gasteiger partial charge on any atom is -0.481 e. The molecule has 1 heterocycles. The summed E-state index contributed by atoms with van der Waals surface area (Å²) >= 11 is 0. The molecule has 0 unspecified atom stereocenters. The van der Waals surface area contributed by atoms with E-state index < -0.39 is 5.97 Å². The van der Waals surface area contributed by atoms with Gasteiger partial charge in [0.25, 0.3) is 0 Å². The van der Waals surface area contributed by atoms with Gasteiger partial charge in [-0.1, -0.05) is 36.4 Å². The molecule has 6 heteroatoms. The Morgan fingerprint density at radius 1 is 0.963 bits per heavy atom. The van der Waals surface area contributed by atoms with Crippen LogP contribution in [0.4, 0.5) is 0 Å². The first-order valence-electron chi connectivity index (χ1n) is 9.08. The average molecular weight is 365 g/mol. The van der Waals surface area contributed by atoms with Crippen LogP contribution >= 0.6 is 0 Å². The van der Waals surface area contributed by atoms with Crippen molar-refractivity contribution in [3.63, 3.8) is 0 Å². The quantitative estimate of drug-likeness (QED) is 0.570. The number of hydrogen-bond donors (Lipinski definition) is 2. The molecule has 3 aromatic rings. The second kappa shape index (κ2) is 8.98. The molecule has 2 N–H and O–H groups in total. The summed E-state index contributed by atoms with van der Waals surface area (Å²) in [6.45, 7) is 1.22. The third-order valence-electron chi connectivity index (χ3n) is 4.44. The largest absolute Gasteiger partial charge is 0.481 e. The molecule has 3 rings (SSSR count). The van der Waals surface area contributed by atoms with Crippen molar-refractivity contribution >= 4 is 22.9 Å². The molecule has 0 atom stereocenters. The van der Waals surface area contributed by atoms with Gasteiger partial charge in [-0.05, 0) is 36.1 Å². The number of carboxylic acid groups (broad SMARTS) is 1. The van der Waals surface area contributed by atoms with E-state index in [0.717, 1.165) is 23.1 Å². The van der Waals surface area contributed by atoms with Crippen molar-refractivity contribution in [1.82, 2.24) is 14.9 Å². The average Bonchev–Trinajstić information content (AvgIpc) is 3.07. The Kier molecular flexibility index (Phi) is 6.20. The molecule has 0 aliphatic carbocycles. The van der Waals surface area contributed by atoms with Gasteiger partial charge in [-0.25, -0.2) is 4.98 Å². The van der Waals surface area contributed by atoms with Crippen LogP contribution in [0.3, 0.4) is 0 Å². The van der Waals surface area contributed by atoms with E-state index in [0.29, 0.717) is 25.8 Å². The number of benzene rings is 2. The van der Waals surface area contributed by atoms with Gasteiger partial charge in [0.1, 0.15) is 0 Å². The van der Waals surface area contributed by atoms with Gasteiger partial charge >= 0.3 is 5.97 Å². The third kappa shape index (κ3) is 5.41. The van der Waals surface area contributed by atoms with Gasteiger partial charge in [-0.2, -0.15) is 0 Å². The van der Waals surface area contributed by atoms with Gasteiger partial charge in [0.15, 0.2) is 0 Å². The molecule has 6 nitrogen and oxygen atoms in total. The highest BCUT2D eigenvalue weighted by Gasteiger charge is 2.05. The molecule has 0 radical (unpaired) electrons.